The molecule has 0 aliphatic carbocycles. The van der Waals surface area contributed by atoms with Gasteiger partial charge in [-0.15, -0.1) is 0 Å². The van der Waals surface area contributed by atoms with Gasteiger partial charge in [-0.3, -0.25) is 4.79 Å². The highest BCUT2D eigenvalue weighted by atomic mass is 16.3. The molecule has 0 spiro atoms. The van der Waals surface area contributed by atoms with Gasteiger partial charge in [-0.1, -0.05) is 0 Å². The molecule has 1 aromatic heterocycles. The normalized spacial score (nSPS) is 12.0. The second-order valence-corrected chi connectivity index (χ2v) is 4.22. The summed E-state index contributed by atoms with van der Waals surface area (Å²) in [5.74, 6) is 0.457. The maximum atomic E-state index is 11.7. The maximum Gasteiger partial charge on any atom is 0.246 e. The molecule has 1 rings (SSSR count). The molecule has 0 unspecified atom stereocenters. The van der Waals surface area contributed by atoms with E-state index < -0.39 is 5.54 Å². The lowest BCUT2D eigenvalue weighted by molar-refractivity contribution is -0.130. The van der Waals surface area contributed by atoms with Crippen molar-refractivity contribution in [3.05, 3.63) is 30.2 Å². The third-order valence-electron chi connectivity index (χ3n) is 2.56. The average molecular weight is 223 g/mol. The van der Waals surface area contributed by atoms with E-state index in [2.05, 4.69) is 0 Å². The van der Waals surface area contributed by atoms with Crippen LogP contribution in [0.15, 0.2) is 28.9 Å². The zero-order chi connectivity index (χ0) is 12.2. The van der Waals surface area contributed by atoms with Crippen molar-refractivity contribution in [2.24, 2.45) is 0 Å². The fourth-order valence-corrected chi connectivity index (χ4v) is 1.06. The summed E-state index contributed by atoms with van der Waals surface area (Å²) in [6, 6.07) is 3.52. The number of likely N-dealkylation sites (N-methyl/N-ethyl adjacent to an activating group) is 1. The molecule has 4 heteroatoms. The fourth-order valence-electron chi connectivity index (χ4n) is 1.06. The van der Waals surface area contributed by atoms with E-state index in [1.54, 1.807) is 45.4 Å². The lowest BCUT2D eigenvalue weighted by atomic mass is 10.1. The minimum atomic E-state index is -0.565. The van der Waals surface area contributed by atoms with Crippen molar-refractivity contribution in [1.29, 1.82) is 0 Å². The predicted molar refractivity (Wildman–Crippen MR) is 61.7 cm³/mol. The third kappa shape index (κ3) is 2.97. The van der Waals surface area contributed by atoms with Crippen LogP contribution in [-0.2, 0) is 4.79 Å². The molecule has 0 aliphatic rings. The van der Waals surface area contributed by atoms with Gasteiger partial charge in [0.15, 0.2) is 0 Å². The molecular formula is C12H17NO3. The van der Waals surface area contributed by atoms with Crippen molar-refractivity contribution in [1.82, 2.24) is 4.90 Å². The Balaban J connectivity index is 2.66. The Labute approximate surface area is 95.2 Å². The Kier molecular flexibility index (Phi) is 3.90. The van der Waals surface area contributed by atoms with Gasteiger partial charge in [-0.2, -0.15) is 0 Å². The summed E-state index contributed by atoms with van der Waals surface area (Å²) in [5.41, 5.74) is -0.565. The maximum absolute atomic E-state index is 11.7. The molecule has 0 radical (unpaired) electrons. The van der Waals surface area contributed by atoms with E-state index in [0.717, 1.165) is 0 Å². The topological polar surface area (TPSA) is 53.7 Å². The molecule has 4 nitrogen and oxygen atoms in total. The summed E-state index contributed by atoms with van der Waals surface area (Å²) in [4.78, 5) is 13.2. The van der Waals surface area contributed by atoms with Gasteiger partial charge in [0.05, 0.1) is 18.4 Å². The number of aliphatic hydroxyl groups is 1. The van der Waals surface area contributed by atoms with Crippen molar-refractivity contribution in [2.75, 3.05) is 13.7 Å². The molecule has 1 amide bonds. The van der Waals surface area contributed by atoms with Crippen LogP contribution in [0.5, 0.6) is 0 Å². The van der Waals surface area contributed by atoms with Crippen molar-refractivity contribution in [3.63, 3.8) is 0 Å². The first kappa shape index (κ1) is 12.5. The first-order valence-corrected chi connectivity index (χ1v) is 5.07. The van der Waals surface area contributed by atoms with E-state index in [-0.39, 0.29) is 12.5 Å². The summed E-state index contributed by atoms with van der Waals surface area (Å²) in [5, 5.41) is 9.13. The number of carbonyl (C=O) groups excluding carboxylic acids is 1. The highest BCUT2D eigenvalue weighted by Crippen LogP contribution is 2.12. The zero-order valence-electron chi connectivity index (χ0n) is 9.80. The number of rotatable bonds is 4. The number of nitrogens with zero attached hydrogens (tertiary/aromatic N) is 1. The Morgan fingerprint density at radius 3 is 2.81 bits per heavy atom. The third-order valence-corrected chi connectivity index (χ3v) is 2.56. The quantitative estimate of drug-likeness (QED) is 0.787. The Hall–Kier alpha value is -1.55. The molecule has 0 aliphatic heterocycles. The minimum Gasteiger partial charge on any atom is -0.465 e. The van der Waals surface area contributed by atoms with Crippen molar-refractivity contribution in [2.45, 2.75) is 19.4 Å². The summed E-state index contributed by atoms with van der Waals surface area (Å²) < 4.78 is 5.07. The van der Waals surface area contributed by atoms with Gasteiger partial charge in [-0.05, 0) is 32.1 Å². The SMILES string of the molecule is CN(C(=O)/C=C/c1ccco1)C(C)(C)CO. The summed E-state index contributed by atoms with van der Waals surface area (Å²) in [7, 11) is 1.66. The molecular weight excluding hydrogens is 206 g/mol. The van der Waals surface area contributed by atoms with E-state index in [4.69, 9.17) is 9.52 Å². The lowest BCUT2D eigenvalue weighted by Gasteiger charge is -2.33. The van der Waals surface area contributed by atoms with E-state index in [1.807, 2.05) is 0 Å². The smallest absolute Gasteiger partial charge is 0.246 e. The summed E-state index contributed by atoms with van der Waals surface area (Å²) in [6.07, 6.45) is 4.58. The van der Waals surface area contributed by atoms with Crippen LogP contribution < -0.4 is 0 Å². The molecule has 0 saturated carbocycles. The molecule has 0 saturated heterocycles. The van der Waals surface area contributed by atoms with Crippen LogP contribution in [0.25, 0.3) is 6.08 Å². The molecule has 1 heterocycles. The van der Waals surface area contributed by atoms with Crippen LogP contribution in [0, 0.1) is 0 Å². The first-order valence-electron chi connectivity index (χ1n) is 5.07. The van der Waals surface area contributed by atoms with Gasteiger partial charge in [0.1, 0.15) is 5.76 Å². The van der Waals surface area contributed by atoms with Gasteiger partial charge in [-0.25, -0.2) is 0 Å². The number of amides is 1. The van der Waals surface area contributed by atoms with Gasteiger partial charge >= 0.3 is 0 Å². The van der Waals surface area contributed by atoms with E-state index in [9.17, 15) is 4.79 Å². The molecule has 0 bridgehead atoms. The monoisotopic (exact) mass is 223 g/mol. The van der Waals surface area contributed by atoms with Crippen LogP contribution in [0.1, 0.15) is 19.6 Å². The Morgan fingerprint density at radius 2 is 2.31 bits per heavy atom. The molecule has 0 atom stereocenters. The number of aliphatic hydroxyl groups excluding tert-OH is 1. The number of carbonyl (C=O) groups is 1. The highest BCUT2D eigenvalue weighted by molar-refractivity contribution is 5.91. The molecule has 0 aromatic carbocycles. The first-order chi connectivity index (χ1) is 7.47. The minimum absolute atomic E-state index is 0.0795. The van der Waals surface area contributed by atoms with Crippen LogP contribution in [-0.4, -0.2) is 35.1 Å². The van der Waals surface area contributed by atoms with E-state index in [1.165, 1.54) is 11.0 Å². The predicted octanol–water partition coefficient (Wildman–Crippen LogP) is 1.52. The van der Waals surface area contributed by atoms with Crippen molar-refractivity contribution < 1.29 is 14.3 Å². The van der Waals surface area contributed by atoms with Gasteiger partial charge < -0.3 is 14.4 Å². The Morgan fingerprint density at radius 1 is 1.62 bits per heavy atom. The number of hydrogen-bond acceptors (Lipinski definition) is 3. The van der Waals surface area contributed by atoms with Crippen molar-refractivity contribution >= 4 is 12.0 Å². The van der Waals surface area contributed by atoms with Crippen LogP contribution in [0.3, 0.4) is 0 Å². The largest absolute Gasteiger partial charge is 0.465 e. The summed E-state index contributed by atoms with van der Waals surface area (Å²) in [6.45, 7) is 3.51. The fraction of sp³-hybridized carbons (Fsp3) is 0.417. The molecule has 1 N–H and O–H groups in total. The number of hydrogen-bond donors (Lipinski definition) is 1. The highest BCUT2D eigenvalue weighted by Gasteiger charge is 2.25. The molecule has 88 valence electrons. The van der Waals surface area contributed by atoms with Crippen molar-refractivity contribution in [3.8, 4) is 0 Å². The zero-order valence-corrected chi connectivity index (χ0v) is 9.80. The molecule has 16 heavy (non-hydrogen) atoms. The van der Waals surface area contributed by atoms with Crippen LogP contribution in [0.2, 0.25) is 0 Å². The van der Waals surface area contributed by atoms with Crippen LogP contribution in [0.4, 0.5) is 0 Å². The standard InChI is InChI=1S/C12H17NO3/c1-12(2,9-14)13(3)11(15)7-6-10-5-4-8-16-10/h4-8,14H,9H2,1-3H3/b7-6+. The summed E-state index contributed by atoms with van der Waals surface area (Å²) >= 11 is 0. The van der Waals surface area contributed by atoms with Gasteiger partial charge in [0.2, 0.25) is 5.91 Å². The average Bonchev–Trinajstić information content (AvgIpc) is 2.77. The molecule has 1 aromatic rings. The van der Waals surface area contributed by atoms with Gasteiger partial charge in [0.25, 0.3) is 0 Å². The van der Waals surface area contributed by atoms with E-state index in [0.29, 0.717) is 5.76 Å². The molecule has 0 fully saturated rings. The second-order valence-electron chi connectivity index (χ2n) is 4.22. The van der Waals surface area contributed by atoms with Gasteiger partial charge in [0, 0.05) is 13.1 Å². The lowest BCUT2D eigenvalue weighted by Crippen LogP contribution is -2.47. The second kappa shape index (κ2) is 4.99. The van der Waals surface area contributed by atoms with E-state index >= 15 is 0 Å². The Bertz CT molecular complexity index is 366. The number of furan rings is 1. The van der Waals surface area contributed by atoms with Crippen LogP contribution >= 0.6 is 0 Å².